The van der Waals surface area contributed by atoms with Crippen LogP contribution in [0.5, 0.6) is 0 Å². The van der Waals surface area contributed by atoms with Crippen molar-refractivity contribution in [3.63, 3.8) is 0 Å². The molecule has 5 aliphatic carbocycles. The maximum absolute atomic E-state index is 12.2. The minimum Gasteiger partial charge on any atom is -0.350 e. The smallest absolute Gasteiger partial charge is 0.226 e. The molecule has 4 bridgehead atoms. The van der Waals surface area contributed by atoms with E-state index in [2.05, 4.69) is 5.32 Å². The highest BCUT2D eigenvalue weighted by atomic mass is 35.5. The van der Waals surface area contributed by atoms with E-state index >= 15 is 0 Å². The van der Waals surface area contributed by atoms with Gasteiger partial charge in [0.1, 0.15) is 4.33 Å². The summed E-state index contributed by atoms with van der Waals surface area (Å²) in [6.45, 7) is 0. The fourth-order valence-corrected chi connectivity index (χ4v) is 5.62. The first-order valence-electron chi connectivity index (χ1n) is 7.16. The Hall–Kier alpha value is 0.0500. The highest BCUT2D eigenvalue weighted by molar-refractivity contribution is 6.52. The summed E-state index contributed by atoms with van der Waals surface area (Å²) >= 11 is 12.0. The lowest BCUT2D eigenvalue weighted by molar-refractivity contribution is -0.128. The number of amides is 1. The summed E-state index contributed by atoms with van der Waals surface area (Å²) in [6, 6.07) is 0. The van der Waals surface area contributed by atoms with E-state index in [1.54, 1.807) is 0 Å². The number of alkyl halides is 2. The van der Waals surface area contributed by atoms with Crippen LogP contribution in [-0.2, 0) is 4.79 Å². The number of carbonyl (C=O) groups is 1. The van der Waals surface area contributed by atoms with Crippen molar-refractivity contribution in [2.75, 3.05) is 0 Å². The molecule has 18 heavy (non-hydrogen) atoms. The molecule has 5 saturated carbocycles. The predicted octanol–water partition coefficient (Wildman–Crippen LogP) is 3.27. The Labute approximate surface area is 118 Å². The van der Waals surface area contributed by atoms with E-state index in [0.29, 0.717) is 6.42 Å². The van der Waals surface area contributed by atoms with Crippen LogP contribution in [-0.4, -0.2) is 15.8 Å². The molecule has 0 heterocycles. The van der Waals surface area contributed by atoms with E-state index in [1.165, 1.54) is 38.5 Å². The zero-order valence-corrected chi connectivity index (χ0v) is 11.9. The molecule has 0 aromatic rings. The molecule has 0 saturated heterocycles. The molecular formula is C14H19Cl2NO. The van der Waals surface area contributed by atoms with E-state index in [1.807, 2.05) is 0 Å². The largest absolute Gasteiger partial charge is 0.350 e. The normalized spacial score (nSPS) is 51.2. The lowest BCUT2D eigenvalue weighted by Crippen LogP contribution is -2.60. The van der Waals surface area contributed by atoms with Crippen molar-refractivity contribution in [1.29, 1.82) is 0 Å². The van der Waals surface area contributed by atoms with Crippen molar-refractivity contribution in [3.05, 3.63) is 0 Å². The van der Waals surface area contributed by atoms with Gasteiger partial charge in [-0.1, -0.05) is 0 Å². The summed E-state index contributed by atoms with van der Waals surface area (Å²) in [7, 11) is 0. The third kappa shape index (κ3) is 1.79. The van der Waals surface area contributed by atoms with Gasteiger partial charge in [-0.25, -0.2) is 0 Å². The quantitative estimate of drug-likeness (QED) is 0.776. The van der Waals surface area contributed by atoms with E-state index in [9.17, 15) is 4.79 Å². The monoisotopic (exact) mass is 287 g/mol. The van der Waals surface area contributed by atoms with Crippen LogP contribution in [0.1, 0.15) is 44.9 Å². The second kappa shape index (κ2) is 3.58. The summed E-state index contributed by atoms with van der Waals surface area (Å²) in [5.41, 5.74) is 0.0955. The first-order chi connectivity index (χ1) is 8.46. The summed E-state index contributed by atoms with van der Waals surface area (Å²) in [5.74, 6) is 2.49. The van der Waals surface area contributed by atoms with Crippen LogP contribution in [0.3, 0.4) is 0 Å². The van der Waals surface area contributed by atoms with Gasteiger partial charge >= 0.3 is 0 Å². The zero-order chi connectivity index (χ0) is 12.5. The molecule has 2 nitrogen and oxygen atoms in total. The van der Waals surface area contributed by atoms with E-state index in [0.717, 1.165) is 17.8 Å². The minimum absolute atomic E-state index is 0.0955. The molecule has 0 aromatic heterocycles. The van der Waals surface area contributed by atoms with Gasteiger partial charge in [0.05, 0.1) is 5.92 Å². The standard InChI is InChI=1S/C14H19Cl2NO/c15-14(16)7-11(14)12(18)17-13-4-8-1-9(5-13)3-10(2-8)6-13/h8-11H,1-7H2,(H,17,18)/t8?,9?,10?,11-,13?/m1/s1. The first-order valence-corrected chi connectivity index (χ1v) is 7.91. The molecule has 5 rings (SSSR count). The Kier molecular flexibility index (Phi) is 2.35. The number of hydrogen-bond donors (Lipinski definition) is 1. The maximum Gasteiger partial charge on any atom is 0.226 e. The Bertz CT molecular complexity index is 371. The molecule has 5 fully saturated rings. The van der Waals surface area contributed by atoms with Crippen molar-refractivity contribution < 1.29 is 4.79 Å². The lowest BCUT2D eigenvalue weighted by atomic mass is 9.53. The molecule has 100 valence electrons. The van der Waals surface area contributed by atoms with E-state index in [-0.39, 0.29) is 17.4 Å². The van der Waals surface area contributed by atoms with Gasteiger partial charge in [0.15, 0.2) is 0 Å². The maximum atomic E-state index is 12.2. The van der Waals surface area contributed by atoms with Crippen molar-refractivity contribution in [2.45, 2.75) is 54.8 Å². The van der Waals surface area contributed by atoms with Crippen LogP contribution in [0.15, 0.2) is 0 Å². The average Bonchev–Trinajstić information content (AvgIpc) is 2.84. The van der Waals surface area contributed by atoms with Gasteiger partial charge in [0.2, 0.25) is 5.91 Å². The molecule has 1 N–H and O–H groups in total. The third-order valence-electron chi connectivity index (χ3n) is 5.57. The molecule has 4 heteroatoms. The van der Waals surface area contributed by atoms with Crippen LogP contribution >= 0.6 is 23.2 Å². The molecule has 0 radical (unpaired) electrons. The topological polar surface area (TPSA) is 29.1 Å². The molecule has 0 unspecified atom stereocenters. The SMILES string of the molecule is O=C(NC12CC3CC(CC(C3)C1)C2)[C@H]1CC1(Cl)Cl. The fraction of sp³-hybridized carbons (Fsp3) is 0.929. The van der Waals surface area contributed by atoms with E-state index < -0.39 is 4.33 Å². The number of carbonyl (C=O) groups excluding carboxylic acids is 1. The molecule has 0 spiro atoms. The number of rotatable bonds is 2. The van der Waals surface area contributed by atoms with Gasteiger partial charge in [-0.2, -0.15) is 0 Å². The highest BCUT2D eigenvalue weighted by Gasteiger charge is 2.59. The molecule has 5 aliphatic rings. The summed E-state index contributed by atoms with van der Waals surface area (Å²) in [4.78, 5) is 12.2. The second-order valence-electron chi connectivity index (χ2n) is 7.20. The average molecular weight is 288 g/mol. The second-order valence-corrected chi connectivity index (χ2v) is 8.75. The van der Waals surface area contributed by atoms with Crippen molar-refractivity contribution in [2.24, 2.45) is 23.7 Å². The first kappa shape index (κ1) is 11.8. The van der Waals surface area contributed by atoms with E-state index in [4.69, 9.17) is 23.2 Å². The van der Waals surface area contributed by atoms with Crippen LogP contribution in [0.2, 0.25) is 0 Å². The minimum atomic E-state index is -0.785. The zero-order valence-electron chi connectivity index (χ0n) is 10.4. The lowest BCUT2D eigenvalue weighted by Gasteiger charge is -2.57. The third-order valence-corrected chi connectivity index (χ3v) is 6.40. The Morgan fingerprint density at radius 3 is 1.78 bits per heavy atom. The van der Waals surface area contributed by atoms with Crippen LogP contribution in [0, 0.1) is 23.7 Å². The van der Waals surface area contributed by atoms with Crippen molar-refractivity contribution in [1.82, 2.24) is 5.32 Å². The van der Waals surface area contributed by atoms with Crippen molar-refractivity contribution in [3.8, 4) is 0 Å². The van der Waals surface area contributed by atoms with Gasteiger partial charge in [0, 0.05) is 5.54 Å². The summed E-state index contributed by atoms with van der Waals surface area (Å²) in [5, 5.41) is 3.33. The van der Waals surface area contributed by atoms with Gasteiger partial charge in [-0.05, 0) is 62.7 Å². The summed E-state index contributed by atoms with van der Waals surface area (Å²) in [6.07, 6.45) is 8.38. The van der Waals surface area contributed by atoms with Gasteiger partial charge in [0.25, 0.3) is 0 Å². The molecule has 1 amide bonds. The number of nitrogens with one attached hydrogen (secondary N) is 1. The Balaban J connectivity index is 1.49. The highest BCUT2D eigenvalue weighted by Crippen LogP contribution is 2.57. The predicted molar refractivity (Wildman–Crippen MR) is 71.6 cm³/mol. The fourth-order valence-electron chi connectivity index (χ4n) is 5.11. The van der Waals surface area contributed by atoms with Gasteiger partial charge in [-0.3, -0.25) is 4.79 Å². The Morgan fingerprint density at radius 1 is 0.944 bits per heavy atom. The van der Waals surface area contributed by atoms with Crippen LogP contribution in [0.25, 0.3) is 0 Å². The molecule has 0 aromatic carbocycles. The summed E-state index contributed by atoms with van der Waals surface area (Å²) < 4.78 is -0.785. The Morgan fingerprint density at radius 2 is 1.39 bits per heavy atom. The van der Waals surface area contributed by atoms with Gasteiger partial charge < -0.3 is 5.32 Å². The van der Waals surface area contributed by atoms with Crippen LogP contribution < -0.4 is 5.32 Å². The molecular weight excluding hydrogens is 269 g/mol. The van der Waals surface area contributed by atoms with Gasteiger partial charge in [-0.15, -0.1) is 23.2 Å². The molecule has 1 atom stereocenters. The van der Waals surface area contributed by atoms with Crippen LogP contribution in [0.4, 0.5) is 0 Å². The number of hydrogen-bond acceptors (Lipinski definition) is 1. The molecule has 0 aliphatic heterocycles. The number of halogens is 2. The van der Waals surface area contributed by atoms with Crippen molar-refractivity contribution >= 4 is 29.1 Å².